The van der Waals surface area contributed by atoms with E-state index in [1.807, 2.05) is 24.3 Å². The molecule has 0 radical (unpaired) electrons. The summed E-state index contributed by atoms with van der Waals surface area (Å²) in [6.07, 6.45) is 3.49. The van der Waals surface area contributed by atoms with Crippen molar-refractivity contribution in [1.82, 2.24) is 47.5 Å². The number of H-pyrrole nitrogens is 1. The van der Waals surface area contributed by atoms with Crippen molar-refractivity contribution in [2.24, 2.45) is 17.2 Å². The molecule has 25 heteroatoms. The monoisotopic (exact) mass is 1070 g/mol. The normalized spacial score (nSPS) is 23.3. The number of hydrogen-bond donors (Lipinski definition) is 14. The smallest absolute Gasteiger partial charge is 0.300 e. The zero-order valence-electron chi connectivity index (χ0n) is 41.7. The number of para-hydroxylation sites is 1. The molecule has 0 aliphatic carbocycles. The topological polar surface area (TPSA) is 384 Å². The highest BCUT2D eigenvalue weighted by atomic mass is 33.1. The Labute approximate surface area is 437 Å². The number of aromatic amines is 1. The van der Waals surface area contributed by atoms with Gasteiger partial charge >= 0.3 is 0 Å². The number of unbranched alkanes of at least 4 members (excludes halogenated alkanes) is 2. The number of amides is 8. The van der Waals surface area contributed by atoms with E-state index < -0.39 is 108 Å². The number of aliphatic hydroxyl groups excluding tert-OH is 1. The maximum atomic E-state index is 14.7. The third-order valence-electron chi connectivity index (χ3n) is 12.1. The van der Waals surface area contributed by atoms with Gasteiger partial charge in [0.15, 0.2) is 0 Å². The molecule has 1 aromatic heterocycles. The van der Waals surface area contributed by atoms with Gasteiger partial charge in [-0.05, 0) is 95.1 Å². The van der Waals surface area contributed by atoms with Crippen LogP contribution in [0, 0.1) is 0 Å². The second kappa shape index (κ2) is 31.5. The highest BCUT2D eigenvalue weighted by Gasteiger charge is 2.37. The zero-order valence-corrected chi connectivity index (χ0v) is 43.3. The lowest BCUT2D eigenvalue weighted by Gasteiger charge is -2.29. The molecule has 9 atom stereocenters. The van der Waals surface area contributed by atoms with E-state index in [9.17, 15) is 43.5 Å². The number of nitrogens with one attached hydrogen (secondary N) is 9. The Hall–Kier alpha value is -6.25. The summed E-state index contributed by atoms with van der Waals surface area (Å²) in [5.41, 5.74) is 19.2. The van der Waals surface area contributed by atoms with Crippen LogP contribution in [-0.2, 0) is 56.0 Å². The number of benzene rings is 2. The second-order valence-electron chi connectivity index (χ2n) is 18.1. The van der Waals surface area contributed by atoms with Crippen molar-refractivity contribution in [2.45, 2.75) is 132 Å². The molecule has 8 amide bonds. The first kappa shape index (κ1) is 60.3. The number of aliphatic hydroxyl groups is 1. The van der Waals surface area contributed by atoms with Gasteiger partial charge in [0.05, 0.1) is 12.1 Å². The van der Waals surface area contributed by atoms with Gasteiger partial charge in [-0.25, -0.2) is 0 Å². The number of carboxylic acids is 1. The van der Waals surface area contributed by atoms with E-state index in [1.165, 1.54) is 6.92 Å². The quantitative estimate of drug-likeness (QED) is 0.0521. The number of carbonyl (C=O) groups is 9. The van der Waals surface area contributed by atoms with Gasteiger partial charge in [-0.1, -0.05) is 70.1 Å². The molecule has 23 nitrogen and oxygen atoms in total. The van der Waals surface area contributed by atoms with Crippen LogP contribution in [0.15, 0.2) is 60.8 Å². The van der Waals surface area contributed by atoms with Gasteiger partial charge in [0, 0.05) is 48.4 Å². The van der Waals surface area contributed by atoms with Crippen molar-refractivity contribution < 1.29 is 53.4 Å². The van der Waals surface area contributed by atoms with Gasteiger partial charge in [0.2, 0.25) is 47.3 Å². The fraction of sp³-hybridized carbons (Fsp3) is 0.531. The molecule has 3 aromatic rings. The van der Waals surface area contributed by atoms with Crippen LogP contribution in [0.5, 0.6) is 0 Å². The van der Waals surface area contributed by atoms with E-state index in [1.54, 1.807) is 36.5 Å². The van der Waals surface area contributed by atoms with Crippen LogP contribution >= 0.6 is 21.6 Å². The molecule has 2 saturated heterocycles. The molecular formula is C49H72N12O11S2. The lowest BCUT2D eigenvalue weighted by Crippen LogP contribution is -2.62. The lowest BCUT2D eigenvalue weighted by atomic mass is 10.0. The fourth-order valence-corrected chi connectivity index (χ4v) is 10.4. The average Bonchev–Trinajstić information content (AvgIpc) is 4.06. The van der Waals surface area contributed by atoms with Crippen molar-refractivity contribution >= 4 is 85.7 Å². The molecule has 2 aliphatic rings. The Balaban J connectivity index is 0.00000286. The van der Waals surface area contributed by atoms with Gasteiger partial charge < -0.3 is 74.9 Å². The summed E-state index contributed by atoms with van der Waals surface area (Å²) in [6.45, 7) is 3.59. The Bertz CT molecular complexity index is 2350. The summed E-state index contributed by atoms with van der Waals surface area (Å²) >= 11 is 0. The summed E-state index contributed by atoms with van der Waals surface area (Å²) < 4.78 is 0. The molecule has 0 spiro atoms. The number of carbonyl (C=O) groups excluding carboxylic acids is 8. The van der Waals surface area contributed by atoms with Crippen molar-refractivity contribution in [1.29, 1.82) is 0 Å². The molecule has 0 bridgehead atoms. The standard InChI is InChI=1S/C47H68N12O9S2.C2H4O2/c1-27(60)39-47(68)58-38(45(66)53-32(40(50)61)16-7-9-19-48)26-70-69-25-37(57-41(62)33-18-11-21-51-33)46(67)55-35(22-28-12-3-2-4-13-28)43(64)56-36(23-29-24-52-31-15-6-5-14-30(29)31)44(65)54-34(42(63)59-39)17-8-10-20-49;1-2(3)4/h2-6,12-15,24,27,32-39,51-52,60H,7-11,16-23,25-26,48-49H2,1H3,(H2,50,61)(H,53,66)(H,54,65)(H,55,67)(H,56,64)(H,57,62)(H,58,68)(H,59,63);1H3,(H,3,4)/t27-,32+,33+,34?,35+,36-,37?,38+,39+;/m1./s1. The van der Waals surface area contributed by atoms with E-state index >= 15 is 0 Å². The van der Waals surface area contributed by atoms with Crippen LogP contribution in [0.1, 0.15) is 76.3 Å². The van der Waals surface area contributed by atoms with Crippen LogP contribution in [-0.4, -0.2) is 154 Å². The summed E-state index contributed by atoms with van der Waals surface area (Å²) in [5.74, 6) is -7.12. The van der Waals surface area contributed by atoms with Crippen molar-refractivity contribution in [3.63, 3.8) is 0 Å². The van der Waals surface area contributed by atoms with Crippen LogP contribution in [0.4, 0.5) is 0 Å². The molecule has 2 aliphatic heterocycles. The number of fused-ring (bicyclic) bond motifs is 1. The highest BCUT2D eigenvalue weighted by molar-refractivity contribution is 8.76. The number of aliphatic carboxylic acids is 1. The van der Waals surface area contributed by atoms with Crippen LogP contribution in [0.3, 0.4) is 0 Å². The third kappa shape index (κ3) is 19.9. The summed E-state index contributed by atoms with van der Waals surface area (Å²) in [7, 11) is 2.15. The maximum Gasteiger partial charge on any atom is 0.300 e. The summed E-state index contributed by atoms with van der Waals surface area (Å²) in [5, 5.41) is 41.3. The number of rotatable bonds is 18. The molecule has 74 heavy (non-hydrogen) atoms. The molecule has 3 heterocycles. The van der Waals surface area contributed by atoms with Crippen molar-refractivity contribution in [2.75, 3.05) is 31.1 Å². The Morgan fingerprint density at radius 2 is 1.34 bits per heavy atom. The van der Waals surface area contributed by atoms with E-state index in [0.29, 0.717) is 56.3 Å². The van der Waals surface area contributed by atoms with Gasteiger partial charge in [-0.3, -0.25) is 43.2 Å². The van der Waals surface area contributed by atoms with Crippen LogP contribution in [0.25, 0.3) is 10.9 Å². The number of primary amides is 1. The summed E-state index contributed by atoms with van der Waals surface area (Å²) in [6, 6.07) is 6.47. The predicted molar refractivity (Wildman–Crippen MR) is 282 cm³/mol. The van der Waals surface area contributed by atoms with Gasteiger partial charge in [0.1, 0.15) is 42.3 Å². The molecule has 2 unspecified atom stereocenters. The Morgan fingerprint density at radius 1 is 0.730 bits per heavy atom. The molecular weight excluding hydrogens is 997 g/mol. The van der Waals surface area contributed by atoms with Crippen LogP contribution in [0.2, 0.25) is 0 Å². The SMILES string of the molecule is CC(=O)O.C[C@@H](O)[C@@H]1NC(=O)C(CCCCN)NC(=O)[C@@H](Cc2c[nH]c3ccccc23)NC(=O)[C@H](Cc2ccccc2)NC(=O)C(NC(=O)[C@@H]2CCCN2)CSSC[C@@H](C(=O)N[C@@H](CCCCN)C(N)=O)NC1=O. The van der Waals surface area contributed by atoms with E-state index in [-0.39, 0.29) is 43.7 Å². The highest BCUT2D eigenvalue weighted by Crippen LogP contribution is 2.25. The number of carboxylic acid groups (broad SMARTS) is 1. The Kier molecular flexibility index (Phi) is 25.7. The molecule has 2 fully saturated rings. The first-order valence-electron chi connectivity index (χ1n) is 24.7. The Morgan fingerprint density at radius 3 is 1.99 bits per heavy atom. The average molecular weight is 1070 g/mol. The second-order valence-corrected chi connectivity index (χ2v) is 20.6. The van der Waals surface area contributed by atoms with Crippen LogP contribution < -0.4 is 59.7 Å². The van der Waals surface area contributed by atoms with Gasteiger partial charge in [-0.2, -0.15) is 0 Å². The van der Waals surface area contributed by atoms with E-state index in [4.69, 9.17) is 27.1 Å². The van der Waals surface area contributed by atoms with Gasteiger partial charge in [0.25, 0.3) is 5.97 Å². The summed E-state index contributed by atoms with van der Waals surface area (Å²) in [4.78, 5) is 124. The number of nitrogens with two attached hydrogens (primary N) is 3. The first-order chi connectivity index (χ1) is 35.4. The first-order valence-corrected chi connectivity index (χ1v) is 27.2. The largest absolute Gasteiger partial charge is 0.481 e. The molecule has 5 rings (SSSR count). The molecule has 406 valence electrons. The minimum Gasteiger partial charge on any atom is -0.481 e. The maximum absolute atomic E-state index is 14.7. The predicted octanol–water partition coefficient (Wildman–Crippen LogP) is -1.29. The van der Waals surface area contributed by atoms with E-state index in [0.717, 1.165) is 45.8 Å². The lowest BCUT2D eigenvalue weighted by molar-refractivity contribution is -0.136. The fourth-order valence-electron chi connectivity index (χ4n) is 8.12. The van der Waals surface area contributed by atoms with Crippen molar-refractivity contribution in [3.8, 4) is 0 Å². The zero-order chi connectivity index (χ0) is 54.2. The van der Waals surface area contributed by atoms with Crippen molar-refractivity contribution in [3.05, 3.63) is 71.9 Å². The third-order valence-corrected chi connectivity index (χ3v) is 14.5. The minimum absolute atomic E-state index is 0.00750. The molecule has 0 saturated carbocycles. The molecule has 2 aromatic carbocycles. The number of aromatic nitrogens is 1. The van der Waals surface area contributed by atoms with Gasteiger partial charge in [-0.15, -0.1) is 0 Å². The van der Waals surface area contributed by atoms with E-state index in [2.05, 4.69) is 47.5 Å². The number of hydrogen-bond acceptors (Lipinski definition) is 15. The minimum atomic E-state index is -1.65. The molecule has 17 N–H and O–H groups in total.